The van der Waals surface area contributed by atoms with Gasteiger partial charge in [-0.3, -0.25) is 0 Å². The highest BCUT2D eigenvalue weighted by atomic mass is 32.2. The number of hydrogen-bond donors (Lipinski definition) is 0. The Labute approximate surface area is 98.6 Å². The van der Waals surface area contributed by atoms with Crippen LogP contribution in [0.1, 0.15) is 0 Å². The second-order valence-corrected chi connectivity index (χ2v) is 4.57. The summed E-state index contributed by atoms with van der Waals surface area (Å²) in [4.78, 5) is 10.7. The van der Waals surface area contributed by atoms with Crippen LogP contribution in [0.15, 0.2) is 24.7 Å². The van der Waals surface area contributed by atoms with E-state index < -0.39 is 21.5 Å². The molecule has 0 fully saturated rings. The summed E-state index contributed by atoms with van der Waals surface area (Å²) in [5, 5.41) is 0. The molecule has 0 bridgehead atoms. The van der Waals surface area contributed by atoms with Crippen LogP contribution in [0.25, 0.3) is 11.0 Å². The second kappa shape index (κ2) is 4.05. The fourth-order valence-corrected chi connectivity index (χ4v) is 1.51. The van der Waals surface area contributed by atoms with E-state index >= 15 is 0 Å². The molecule has 0 saturated carbocycles. The molecule has 0 atom stereocenters. The highest BCUT2D eigenvalue weighted by Gasteiger charge is 2.49. The van der Waals surface area contributed by atoms with Crippen molar-refractivity contribution < 1.29 is 25.8 Å². The Bertz CT molecular complexity index is 681. The highest BCUT2D eigenvalue weighted by Crippen LogP contribution is 2.28. The van der Waals surface area contributed by atoms with Gasteiger partial charge in [-0.05, 0) is 12.1 Å². The topological polar surface area (TPSA) is 82.0 Å². The van der Waals surface area contributed by atoms with Crippen LogP contribution in [0.3, 0.4) is 0 Å². The fourth-order valence-electron chi connectivity index (χ4n) is 1.08. The van der Waals surface area contributed by atoms with Gasteiger partial charge in [0.25, 0.3) is 5.88 Å². The number of rotatable bonds is 2. The minimum atomic E-state index is -5.77. The zero-order chi connectivity index (χ0) is 13.4. The van der Waals surface area contributed by atoms with Crippen LogP contribution in [0.5, 0.6) is 5.88 Å². The van der Waals surface area contributed by atoms with E-state index in [1.807, 2.05) is 0 Å². The maximum Gasteiger partial charge on any atom is 0.534 e. The van der Waals surface area contributed by atoms with Gasteiger partial charge in [0, 0.05) is 6.20 Å². The first-order valence-corrected chi connectivity index (χ1v) is 5.78. The third-order valence-electron chi connectivity index (χ3n) is 1.83. The van der Waals surface area contributed by atoms with Gasteiger partial charge in [-0.1, -0.05) is 0 Å². The molecular weight excluding hydrogens is 275 g/mol. The van der Waals surface area contributed by atoms with Crippen LogP contribution in [0.4, 0.5) is 13.2 Å². The van der Waals surface area contributed by atoms with Crippen LogP contribution in [-0.4, -0.2) is 28.9 Å². The summed E-state index contributed by atoms with van der Waals surface area (Å²) in [6, 6.07) is 2.91. The van der Waals surface area contributed by atoms with Crippen molar-refractivity contribution in [2.75, 3.05) is 0 Å². The normalized spacial score (nSPS) is 12.6. The molecule has 6 nitrogen and oxygen atoms in total. The highest BCUT2D eigenvalue weighted by molar-refractivity contribution is 7.88. The predicted molar refractivity (Wildman–Crippen MR) is 52.9 cm³/mol. The largest absolute Gasteiger partial charge is 0.534 e. The van der Waals surface area contributed by atoms with Crippen molar-refractivity contribution in [2.24, 2.45) is 0 Å². The third kappa shape index (κ3) is 2.18. The molecule has 0 N–H and O–H groups in total. The Kier molecular flexibility index (Phi) is 2.81. The van der Waals surface area contributed by atoms with E-state index in [0.29, 0.717) is 0 Å². The van der Waals surface area contributed by atoms with Crippen LogP contribution in [-0.2, 0) is 10.1 Å². The number of aromatic nitrogens is 3. The Morgan fingerprint density at radius 3 is 2.56 bits per heavy atom. The van der Waals surface area contributed by atoms with Gasteiger partial charge < -0.3 is 4.18 Å². The molecule has 10 heteroatoms. The zero-order valence-electron chi connectivity index (χ0n) is 8.42. The number of halogens is 3. The van der Waals surface area contributed by atoms with Crippen LogP contribution in [0, 0.1) is 0 Å². The molecule has 0 aliphatic carbocycles. The van der Waals surface area contributed by atoms with Gasteiger partial charge in [-0.25, -0.2) is 9.97 Å². The molecule has 2 rings (SSSR count). The van der Waals surface area contributed by atoms with Crippen LogP contribution < -0.4 is 4.18 Å². The van der Waals surface area contributed by atoms with E-state index in [9.17, 15) is 21.6 Å². The molecule has 0 spiro atoms. The minimum Gasteiger partial charge on any atom is -0.353 e. The first-order chi connectivity index (χ1) is 8.31. The van der Waals surface area contributed by atoms with Gasteiger partial charge in [-0.15, -0.1) is 0 Å². The summed E-state index contributed by atoms with van der Waals surface area (Å²) in [7, 11) is -5.77. The van der Waals surface area contributed by atoms with Gasteiger partial charge >= 0.3 is 15.6 Å². The fraction of sp³-hybridized carbons (Fsp3) is 0.125. The molecule has 2 aromatic rings. The SMILES string of the molecule is O=S(=O)(Oc1ncnc2cccnc12)C(F)(F)F. The van der Waals surface area contributed by atoms with Crippen molar-refractivity contribution in [3.8, 4) is 5.88 Å². The molecule has 0 aliphatic heterocycles. The summed E-state index contributed by atoms with van der Waals surface area (Å²) in [5.41, 5.74) is -5.54. The van der Waals surface area contributed by atoms with Crippen molar-refractivity contribution in [2.45, 2.75) is 5.51 Å². The molecule has 96 valence electrons. The molecule has 0 unspecified atom stereocenters. The molecule has 0 aromatic carbocycles. The van der Waals surface area contributed by atoms with Gasteiger partial charge in [0.05, 0.1) is 5.52 Å². The molecule has 0 saturated heterocycles. The van der Waals surface area contributed by atoms with Gasteiger partial charge in [-0.2, -0.15) is 26.6 Å². The lowest BCUT2D eigenvalue weighted by atomic mass is 10.4. The van der Waals surface area contributed by atoms with Crippen molar-refractivity contribution in [1.82, 2.24) is 15.0 Å². The van der Waals surface area contributed by atoms with Crippen molar-refractivity contribution in [1.29, 1.82) is 0 Å². The lowest BCUT2D eigenvalue weighted by molar-refractivity contribution is -0.0500. The minimum absolute atomic E-state index is 0.167. The van der Waals surface area contributed by atoms with Crippen LogP contribution in [0.2, 0.25) is 0 Å². The molecule has 0 aliphatic rings. The van der Waals surface area contributed by atoms with Crippen molar-refractivity contribution in [3.63, 3.8) is 0 Å². The Morgan fingerprint density at radius 2 is 1.89 bits per heavy atom. The van der Waals surface area contributed by atoms with Crippen molar-refractivity contribution in [3.05, 3.63) is 24.7 Å². The number of pyridine rings is 1. The number of fused-ring (bicyclic) bond motifs is 1. The Hall–Kier alpha value is -1.97. The second-order valence-electron chi connectivity index (χ2n) is 3.03. The van der Waals surface area contributed by atoms with Crippen LogP contribution >= 0.6 is 0 Å². The summed E-state index contributed by atoms with van der Waals surface area (Å²) in [5.74, 6) is -0.766. The Morgan fingerprint density at radius 1 is 1.17 bits per heavy atom. The van der Waals surface area contributed by atoms with E-state index in [1.54, 1.807) is 0 Å². The quantitative estimate of drug-likeness (QED) is 0.608. The van der Waals surface area contributed by atoms with E-state index in [1.165, 1.54) is 18.3 Å². The van der Waals surface area contributed by atoms with E-state index in [0.717, 1.165) is 6.33 Å². The Balaban J connectivity index is 2.51. The average molecular weight is 279 g/mol. The molecule has 0 amide bonds. The summed E-state index contributed by atoms with van der Waals surface area (Å²) in [6.07, 6.45) is 2.13. The maximum absolute atomic E-state index is 12.1. The lowest BCUT2D eigenvalue weighted by Gasteiger charge is -2.09. The number of nitrogens with zero attached hydrogens (tertiary/aromatic N) is 3. The van der Waals surface area contributed by atoms with Crippen molar-refractivity contribution >= 4 is 21.2 Å². The lowest BCUT2D eigenvalue weighted by Crippen LogP contribution is -2.28. The van der Waals surface area contributed by atoms with E-state index in [-0.39, 0.29) is 11.0 Å². The molecule has 2 aromatic heterocycles. The first-order valence-electron chi connectivity index (χ1n) is 4.38. The standard InChI is InChI=1S/C8H4F3N3O3S/c9-8(10,11)18(15,16)17-7-6-5(13-4-14-7)2-1-3-12-6/h1-4H. The maximum atomic E-state index is 12.1. The van der Waals surface area contributed by atoms with Gasteiger partial charge in [0.1, 0.15) is 6.33 Å². The molecular formula is C8H4F3N3O3S. The molecule has 0 radical (unpaired) electrons. The smallest absolute Gasteiger partial charge is 0.353 e. The van der Waals surface area contributed by atoms with Gasteiger partial charge in [0.2, 0.25) is 0 Å². The summed E-state index contributed by atoms with van der Waals surface area (Å²) in [6.45, 7) is 0. The number of alkyl halides is 3. The average Bonchev–Trinajstić information content (AvgIpc) is 2.27. The predicted octanol–water partition coefficient (Wildman–Crippen LogP) is 1.25. The summed E-state index contributed by atoms with van der Waals surface area (Å²) >= 11 is 0. The third-order valence-corrected chi connectivity index (χ3v) is 2.78. The summed E-state index contributed by atoms with van der Waals surface area (Å²) < 4.78 is 62.0. The monoisotopic (exact) mass is 279 g/mol. The van der Waals surface area contributed by atoms with E-state index in [2.05, 4.69) is 19.1 Å². The number of hydrogen-bond acceptors (Lipinski definition) is 6. The van der Waals surface area contributed by atoms with E-state index in [4.69, 9.17) is 0 Å². The first kappa shape index (κ1) is 12.5. The molecule has 18 heavy (non-hydrogen) atoms. The van der Waals surface area contributed by atoms with Gasteiger partial charge in [0.15, 0.2) is 5.52 Å². The molecule has 2 heterocycles. The zero-order valence-corrected chi connectivity index (χ0v) is 9.23.